The van der Waals surface area contributed by atoms with Crippen molar-refractivity contribution in [2.75, 3.05) is 6.61 Å². The number of benzene rings is 1. The maximum absolute atomic E-state index is 11.6. The van der Waals surface area contributed by atoms with Gasteiger partial charge in [0.05, 0.1) is 0 Å². The summed E-state index contributed by atoms with van der Waals surface area (Å²) in [5, 5.41) is 12.1. The summed E-state index contributed by atoms with van der Waals surface area (Å²) in [7, 11) is 0. The monoisotopic (exact) mass is 319 g/mol. The molecule has 0 aromatic heterocycles. The van der Waals surface area contributed by atoms with Gasteiger partial charge in [-0.1, -0.05) is 37.0 Å². The van der Waals surface area contributed by atoms with E-state index in [0.29, 0.717) is 15.8 Å². The number of carbonyl (C=O) groups excluding carboxylic acids is 1. The molecule has 2 N–H and O–H groups in total. The number of rotatable bonds is 6. The number of carboxylic acid groups (broad SMARTS) is 1. The van der Waals surface area contributed by atoms with Crippen molar-refractivity contribution in [2.24, 2.45) is 5.92 Å². The van der Waals surface area contributed by atoms with Crippen LogP contribution in [0.25, 0.3) is 0 Å². The minimum absolute atomic E-state index is 0.225. The Kier molecular flexibility index (Phi) is 6.10. The van der Waals surface area contributed by atoms with E-state index in [1.807, 2.05) is 0 Å². The van der Waals surface area contributed by atoms with Crippen LogP contribution in [0.2, 0.25) is 10.0 Å². The van der Waals surface area contributed by atoms with Crippen LogP contribution >= 0.6 is 23.2 Å². The third kappa shape index (κ3) is 5.27. The highest BCUT2D eigenvalue weighted by Crippen LogP contribution is 2.24. The van der Waals surface area contributed by atoms with E-state index in [9.17, 15) is 9.59 Å². The minimum atomic E-state index is -1.08. The average Bonchev–Trinajstić information content (AvgIpc) is 2.31. The predicted molar refractivity (Wildman–Crippen MR) is 76.4 cm³/mol. The normalized spacial score (nSPS) is 12.1. The van der Waals surface area contributed by atoms with E-state index in [1.165, 1.54) is 18.2 Å². The first-order chi connectivity index (χ1) is 9.29. The van der Waals surface area contributed by atoms with Crippen molar-refractivity contribution < 1.29 is 19.4 Å². The van der Waals surface area contributed by atoms with Gasteiger partial charge in [-0.3, -0.25) is 4.79 Å². The highest BCUT2D eigenvalue weighted by Gasteiger charge is 2.23. The van der Waals surface area contributed by atoms with Gasteiger partial charge in [0.25, 0.3) is 5.91 Å². The number of ether oxygens (including phenoxy) is 1. The van der Waals surface area contributed by atoms with Crippen molar-refractivity contribution >= 4 is 35.1 Å². The van der Waals surface area contributed by atoms with E-state index >= 15 is 0 Å². The van der Waals surface area contributed by atoms with Crippen LogP contribution < -0.4 is 10.1 Å². The molecule has 20 heavy (non-hydrogen) atoms. The van der Waals surface area contributed by atoms with Crippen molar-refractivity contribution in [1.82, 2.24) is 5.32 Å². The Hall–Kier alpha value is -1.46. The fourth-order valence-corrected chi connectivity index (χ4v) is 2.00. The van der Waals surface area contributed by atoms with Crippen LogP contribution in [-0.2, 0) is 9.59 Å². The lowest BCUT2D eigenvalue weighted by atomic mass is 10.1. The van der Waals surface area contributed by atoms with Crippen LogP contribution in [0.1, 0.15) is 13.8 Å². The SMILES string of the molecule is CC(C)C(NC(=O)COc1cc(Cl)cc(Cl)c1)C(=O)O. The highest BCUT2D eigenvalue weighted by atomic mass is 35.5. The summed E-state index contributed by atoms with van der Waals surface area (Å²) in [6.45, 7) is 3.10. The van der Waals surface area contributed by atoms with Gasteiger partial charge in [-0.05, 0) is 24.1 Å². The lowest BCUT2D eigenvalue weighted by Gasteiger charge is -2.18. The van der Waals surface area contributed by atoms with E-state index in [0.717, 1.165) is 0 Å². The van der Waals surface area contributed by atoms with Crippen molar-refractivity contribution in [2.45, 2.75) is 19.9 Å². The van der Waals surface area contributed by atoms with Gasteiger partial charge in [-0.25, -0.2) is 4.79 Å². The lowest BCUT2D eigenvalue weighted by molar-refractivity contribution is -0.143. The van der Waals surface area contributed by atoms with Crippen LogP contribution in [0.5, 0.6) is 5.75 Å². The van der Waals surface area contributed by atoms with E-state index < -0.39 is 17.9 Å². The number of hydrogen-bond donors (Lipinski definition) is 2. The average molecular weight is 320 g/mol. The van der Waals surface area contributed by atoms with E-state index in [4.69, 9.17) is 33.0 Å². The Morgan fingerprint density at radius 1 is 1.25 bits per heavy atom. The van der Waals surface area contributed by atoms with Crippen molar-refractivity contribution in [1.29, 1.82) is 0 Å². The van der Waals surface area contributed by atoms with Gasteiger partial charge in [0.2, 0.25) is 0 Å². The lowest BCUT2D eigenvalue weighted by Crippen LogP contribution is -2.46. The Morgan fingerprint density at radius 3 is 2.25 bits per heavy atom. The molecule has 0 bridgehead atoms. The van der Waals surface area contributed by atoms with Crippen molar-refractivity contribution in [3.8, 4) is 5.75 Å². The Balaban J connectivity index is 2.56. The number of halogens is 2. The quantitative estimate of drug-likeness (QED) is 0.845. The Labute approximate surface area is 126 Å². The van der Waals surface area contributed by atoms with E-state index in [2.05, 4.69) is 5.32 Å². The second kappa shape index (κ2) is 7.36. The van der Waals surface area contributed by atoms with Gasteiger partial charge in [0.15, 0.2) is 6.61 Å². The minimum Gasteiger partial charge on any atom is -0.484 e. The van der Waals surface area contributed by atoms with Crippen LogP contribution in [0, 0.1) is 5.92 Å². The van der Waals surface area contributed by atoms with E-state index in [-0.39, 0.29) is 12.5 Å². The number of hydrogen-bond acceptors (Lipinski definition) is 3. The molecular formula is C13H15Cl2NO4. The maximum Gasteiger partial charge on any atom is 0.326 e. The fourth-order valence-electron chi connectivity index (χ4n) is 1.49. The maximum atomic E-state index is 11.6. The zero-order valence-electron chi connectivity index (χ0n) is 11.0. The molecule has 0 aliphatic rings. The van der Waals surface area contributed by atoms with Gasteiger partial charge < -0.3 is 15.2 Å². The molecule has 0 saturated heterocycles. The van der Waals surface area contributed by atoms with Gasteiger partial charge in [0.1, 0.15) is 11.8 Å². The molecule has 1 amide bonds. The van der Waals surface area contributed by atoms with Gasteiger partial charge in [-0.2, -0.15) is 0 Å². The van der Waals surface area contributed by atoms with Crippen LogP contribution in [0.4, 0.5) is 0 Å². The zero-order chi connectivity index (χ0) is 15.3. The Bertz CT molecular complexity index is 485. The zero-order valence-corrected chi connectivity index (χ0v) is 12.5. The molecule has 0 radical (unpaired) electrons. The molecule has 1 aromatic rings. The van der Waals surface area contributed by atoms with Crippen LogP contribution in [-0.4, -0.2) is 29.6 Å². The molecule has 110 valence electrons. The molecule has 0 aliphatic heterocycles. The number of carbonyl (C=O) groups is 2. The largest absolute Gasteiger partial charge is 0.484 e. The summed E-state index contributed by atoms with van der Waals surface area (Å²) >= 11 is 11.6. The van der Waals surface area contributed by atoms with Crippen molar-refractivity contribution in [3.63, 3.8) is 0 Å². The first kappa shape index (κ1) is 16.6. The Morgan fingerprint density at radius 2 is 1.80 bits per heavy atom. The second-order valence-electron chi connectivity index (χ2n) is 4.52. The smallest absolute Gasteiger partial charge is 0.326 e. The van der Waals surface area contributed by atoms with Gasteiger partial charge in [-0.15, -0.1) is 0 Å². The molecule has 7 heteroatoms. The molecule has 0 fully saturated rings. The van der Waals surface area contributed by atoms with E-state index in [1.54, 1.807) is 13.8 Å². The molecular weight excluding hydrogens is 305 g/mol. The summed E-state index contributed by atoms with van der Waals surface area (Å²) in [6.07, 6.45) is 0. The second-order valence-corrected chi connectivity index (χ2v) is 5.39. The third-order valence-corrected chi connectivity index (χ3v) is 2.89. The summed E-state index contributed by atoms with van der Waals surface area (Å²) in [6, 6.07) is 3.61. The number of carboxylic acids is 1. The topological polar surface area (TPSA) is 75.6 Å². The summed E-state index contributed by atoms with van der Waals surface area (Å²) in [5.41, 5.74) is 0. The third-order valence-electron chi connectivity index (χ3n) is 2.46. The molecule has 1 atom stereocenters. The molecule has 0 spiro atoms. The van der Waals surface area contributed by atoms with Crippen LogP contribution in [0.3, 0.4) is 0 Å². The molecule has 0 saturated carbocycles. The fraction of sp³-hybridized carbons (Fsp3) is 0.385. The summed E-state index contributed by atoms with van der Waals surface area (Å²) in [4.78, 5) is 22.6. The molecule has 0 aliphatic carbocycles. The van der Waals surface area contributed by atoms with Crippen LogP contribution in [0.15, 0.2) is 18.2 Å². The number of nitrogens with one attached hydrogen (secondary N) is 1. The first-order valence-electron chi connectivity index (χ1n) is 5.90. The predicted octanol–water partition coefficient (Wildman–Crippen LogP) is 2.60. The standard InChI is InChI=1S/C13H15Cl2NO4/c1-7(2)12(13(18)19)16-11(17)6-20-10-4-8(14)3-9(15)5-10/h3-5,7,12H,6H2,1-2H3,(H,16,17)(H,18,19). The molecule has 1 rings (SSSR count). The number of aliphatic carboxylic acids is 1. The molecule has 0 heterocycles. The van der Waals surface area contributed by atoms with Crippen molar-refractivity contribution in [3.05, 3.63) is 28.2 Å². The van der Waals surface area contributed by atoms with Gasteiger partial charge >= 0.3 is 5.97 Å². The number of amides is 1. The summed E-state index contributed by atoms with van der Waals surface area (Å²) < 4.78 is 5.22. The summed E-state index contributed by atoms with van der Waals surface area (Å²) in [5.74, 6) is -1.49. The first-order valence-corrected chi connectivity index (χ1v) is 6.66. The molecule has 5 nitrogen and oxygen atoms in total. The van der Waals surface area contributed by atoms with Gasteiger partial charge in [0, 0.05) is 10.0 Å². The molecule has 1 unspecified atom stereocenters. The highest BCUT2D eigenvalue weighted by molar-refractivity contribution is 6.34. The molecule has 1 aromatic carbocycles.